The van der Waals surface area contributed by atoms with Crippen LogP contribution in [0.25, 0.3) is 10.4 Å². The molecule has 2 fully saturated rings. The standard InChI is InChI=1S/C27H32FN7O6/c1-27(2,3)41-26(38)35-14-12-32(11-13-34(35)25(37)39-18-19-7-5-4-6-8-19)23-10-9-20(15-22(23)28)33-17-21(16-30-31-29)40-24(33)36/h4-10,15,21H,11-14,16-18H2,1-3H3/t21-/m0/s1. The number of hydrazine groups is 1. The normalized spacial score (nSPS) is 17.5. The number of hydrogen-bond acceptors (Lipinski definition) is 8. The summed E-state index contributed by atoms with van der Waals surface area (Å²) in [6.07, 6.45) is -2.75. The Kier molecular flexibility index (Phi) is 9.03. The van der Waals surface area contributed by atoms with Crippen molar-refractivity contribution in [3.8, 4) is 0 Å². The van der Waals surface area contributed by atoms with Crippen LogP contribution in [-0.2, 0) is 20.8 Å². The lowest BCUT2D eigenvalue weighted by molar-refractivity contribution is -0.0421. The zero-order valence-corrected chi connectivity index (χ0v) is 23.1. The maximum absolute atomic E-state index is 15.4. The molecule has 2 aromatic rings. The van der Waals surface area contributed by atoms with Crippen LogP contribution < -0.4 is 9.80 Å². The monoisotopic (exact) mass is 569 g/mol. The van der Waals surface area contributed by atoms with Crippen molar-refractivity contribution in [1.29, 1.82) is 0 Å². The van der Waals surface area contributed by atoms with Crippen LogP contribution in [0.5, 0.6) is 0 Å². The summed E-state index contributed by atoms with van der Waals surface area (Å²) in [6, 6.07) is 13.5. The molecule has 0 unspecified atom stereocenters. The van der Waals surface area contributed by atoms with Gasteiger partial charge in [0.25, 0.3) is 0 Å². The second kappa shape index (κ2) is 12.6. The van der Waals surface area contributed by atoms with Crippen LogP contribution >= 0.6 is 0 Å². The lowest BCUT2D eigenvalue weighted by Crippen LogP contribution is -2.52. The molecule has 3 amide bonds. The van der Waals surface area contributed by atoms with Gasteiger partial charge in [-0.25, -0.2) is 28.8 Å². The number of azide groups is 1. The summed E-state index contributed by atoms with van der Waals surface area (Å²) in [5, 5.41) is 5.77. The Labute approximate surface area is 236 Å². The molecular weight excluding hydrogens is 537 g/mol. The molecule has 2 aliphatic heterocycles. The first-order valence-electron chi connectivity index (χ1n) is 13.1. The molecule has 0 aliphatic carbocycles. The molecule has 0 saturated carbocycles. The van der Waals surface area contributed by atoms with Crippen LogP contribution in [0.1, 0.15) is 26.3 Å². The molecule has 0 N–H and O–H groups in total. The third-order valence-corrected chi connectivity index (χ3v) is 6.28. The molecule has 0 spiro atoms. The van der Waals surface area contributed by atoms with Gasteiger partial charge in [-0.1, -0.05) is 35.4 Å². The zero-order chi connectivity index (χ0) is 29.6. The summed E-state index contributed by atoms with van der Waals surface area (Å²) < 4.78 is 31.6. The van der Waals surface area contributed by atoms with Crippen molar-refractivity contribution in [2.24, 2.45) is 5.11 Å². The Hall–Kier alpha value is -4.71. The Morgan fingerprint density at radius 1 is 1.07 bits per heavy atom. The van der Waals surface area contributed by atoms with E-state index in [-0.39, 0.29) is 57.3 Å². The Morgan fingerprint density at radius 3 is 2.39 bits per heavy atom. The minimum atomic E-state index is -0.804. The van der Waals surface area contributed by atoms with Gasteiger partial charge in [0.05, 0.1) is 37.6 Å². The molecule has 0 radical (unpaired) electrons. The fourth-order valence-corrected chi connectivity index (χ4v) is 4.39. The predicted octanol–water partition coefficient (Wildman–Crippen LogP) is 5.07. The van der Waals surface area contributed by atoms with Crippen molar-refractivity contribution in [3.63, 3.8) is 0 Å². The van der Waals surface area contributed by atoms with Gasteiger partial charge in [0, 0.05) is 18.0 Å². The average molecular weight is 570 g/mol. The van der Waals surface area contributed by atoms with E-state index in [1.807, 2.05) is 30.3 Å². The Morgan fingerprint density at radius 2 is 1.76 bits per heavy atom. The summed E-state index contributed by atoms with van der Waals surface area (Å²) in [7, 11) is 0. The van der Waals surface area contributed by atoms with Crippen molar-refractivity contribution in [1.82, 2.24) is 10.0 Å². The minimum absolute atomic E-state index is 0.0147. The minimum Gasteiger partial charge on any atom is -0.444 e. The van der Waals surface area contributed by atoms with Gasteiger partial charge >= 0.3 is 18.3 Å². The van der Waals surface area contributed by atoms with E-state index in [1.165, 1.54) is 27.1 Å². The smallest absolute Gasteiger partial charge is 0.429 e. The molecule has 2 aromatic carbocycles. The van der Waals surface area contributed by atoms with E-state index < -0.39 is 35.8 Å². The van der Waals surface area contributed by atoms with Crippen LogP contribution in [-0.4, -0.2) is 79.3 Å². The van der Waals surface area contributed by atoms with Crippen LogP contribution in [0.15, 0.2) is 53.6 Å². The number of hydrogen-bond donors (Lipinski definition) is 0. The van der Waals surface area contributed by atoms with E-state index in [4.69, 9.17) is 19.7 Å². The van der Waals surface area contributed by atoms with Gasteiger partial charge in [-0.15, -0.1) is 0 Å². The number of ether oxygens (including phenoxy) is 3. The van der Waals surface area contributed by atoms with Gasteiger partial charge in [0.2, 0.25) is 0 Å². The first-order valence-corrected chi connectivity index (χ1v) is 13.1. The first-order chi connectivity index (χ1) is 19.6. The second-order valence-corrected chi connectivity index (χ2v) is 10.4. The summed E-state index contributed by atoms with van der Waals surface area (Å²) in [5.41, 5.74) is 9.00. The van der Waals surface area contributed by atoms with E-state index >= 15 is 4.39 Å². The lowest BCUT2D eigenvalue weighted by Gasteiger charge is -2.33. The van der Waals surface area contributed by atoms with Gasteiger partial charge in [0.1, 0.15) is 24.1 Å². The SMILES string of the molecule is CC(C)(C)OC(=O)N1CCN(c2ccc(N3C[C@H](CN=[N+]=[N-])OC3=O)cc2F)CCN1C(=O)OCc1ccccc1. The van der Waals surface area contributed by atoms with Crippen LogP contribution in [0.2, 0.25) is 0 Å². The number of halogens is 1. The van der Waals surface area contributed by atoms with Crippen LogP contribution in [0.3, 0.4) is 0 Å². The summed E-state index contributed by atoms with van der Waals surface area (Å²) in [6.45, 7) is 5.70. The lowest BCUT2D eigenvalue weighted by atomic mass is 10.2. The number of amides is 3. The molecule has 1 atom stereocenters. The zero-order valence-electron chi connectivity index (χ0n) is 23.1. The number of cyclic esters (lactones) is 1. The number of benzene rings is 2. The third-order valence-electron chi connectivity index (χ3n) is 6.28. The first kappa shape index (κ1) is 29.3. The van der Waals surface area contributed by atoms with E-state index in [2.05, 4.69) is 10.0 Å². The maximum Gasteiger partial charge on any atom is 0.429 e. The van der Waals surface area contributed by atoms with Crippen LogP contribution in [0.4, 0.5) is 30.1 Å². The highest BCUT2D eigenvalue weighted by Gasteiger charge is 2.35. The Bertz CT molecular complexity index is 1310. The molecule has 2 saturated heterocycles. The van der Waals surface area contributed by atoms with Crippen LogP contribution in [0, 0.1) is 5.82 Å². The Balaban J connectivity index is 1.49. The molecular formula is C27H32FN7O6. The van der Waals surface area contributed by atoms with Gasteiger partial charge in [-0.2, -0.15) is 0 Å². The topological polar surface area (TPSA) is 141 Å². The molecule has 14 heteroatoms. The third kappa shape index (κ3) is 7.48. The molecule has 41 heavy (non-hydrogen) atoms. The van der Waals surface area contributed by atoms with Crippen molar-refractivity contribution in [3.05, 3.63) is 70.4 Å². The van der Waals surface area contributed by atoms with Gasteiger partial charge in [-0.3, -0.25) is 4.90 Å². The van der Waals surface area contributed by atoms with Crippen molar-refractivity contribution < 1.29 is 33.0 Å². The molecule has 2 heterocycles. The quantitative estimate of drug-likeness (QED) is 0.205. The van der Waals surface area contributed by atoms with E-state index in [0.29, 0.717) is 0 Å². The fraction of sp³-hybridized carbons (Fsp3) is 0.444. The molecule has 0 bridgehead atoms. The molecule has 0 aromatic heterocycles. The number of carbonyl (C=O) groups excluding carboxylic acids is 3. The molecule has 4 rings (SSSR count). The fourth-order valence-electron chi connectivity index (χ4n) is 4.39. The van der Waals surface area contributed by atoms with Gasteiger partial charge in [-0.05, 0) is 50.1 Å². The number of rotatable bonds is 6. The van der Waals surface area contributed by atoms with Crippen molar-refractivity contribution >= 4 is 29.7 Å². The summed E-state index contributed by atoms with van der Waals surface area (Å²) in [5.74, 6) is -0.599. The number of nitrogens with zero attached hydrogens (tertiary/aromatic N) is 7. The van der Waals surface area contributed by atoms with Gasteiger partial charge in [0.15, 0.2) is 0 Å². The highest BCUT2D eigenvalue weighted by molar-refractivity contribution is 5.90. The summed E-state index contributed by atoms with van der Waals surface area (Å²) >= 11 is 0. The van der Waals surface area contributed by atoms with E-state index in [9.17, 15) is 14.4 Å². The highest BCUT2D eigenvalue weighted by atomic mass is 19.1. The van der Waals surface area contributed by atoms with Crippen molar-refractivity contribution in [2.75, 3.05) is 49.1 Å². The number of anilines is 2. The predicted molar refractivity (Wildman–Crippen MR) is 147 cm³/mol. The van der Waals surface area contributed by atoms with E-state index in [1.54, 1.807) is 31.7 Å². The molecule has 2 aliphatic rings. The maximum atomic E-state index is 15.4. The largest absolute Gasteiger partial charge is 0.444 e. The second-order valence-electron chi connectivity index (χ2n) is 10.4. The number of carbonyl (C=O) groups is 3. The average Bonchev–Trinajstić information content (AvgIpc) is 3.15. The molecule has 13 nitrogen and oxygen atoms in total. The van der Waals surface area contributed by atoms with Crippen molar-refractivity contribution in [2.45, 2.75) is 39.1 Å². The summed E-state index contributed by atoms with van der Waals surface area (Å²) in [4.78, 5) is 44.1. The highest BCUT2D eigenvalue weighted by Crippen LogP contribution is 2.29. The van der Waals surface area contributed by atoms with Gasteiger partial charge < -0.3 is 19.1 Å². The van der Waals surface area contributed by atoms with E-state index in [0.717, 1.165) is 5.56 Å². The molecule has 218 valence electrons.